The van der Waals surface area contributed by atoms with Gasteiger partial charge in [0.05, 0.1) is 13.0 Å². The van der Waals surface area contributed by atoms with Crippen LogP contribution in [0.4, 0.5) is 8.78 Å². The highest BCUT2D eigenvalue weighted by Gasteiger charge is 2.14. The molecule has 0 fully saturated rings. The van der Waals surface area contributed by atoms with Crippen LogP contribution in [-0.4, -0.2) is 18.8 Å². The lowest BCUT2D eigenvalue weighted by Gasteiger charge is -2.09. The van der Waals surface area contributed by atoms with Crippen LogP contribution in [0.2, 0.25) is 0 Å². The van der Waals surface area contributed by atoms with Gasteiger partial charge in [-0.25, -0.2) is 8.78 Å². The Morgan fingerprint density at radius 2 is 2.18 bits per heavy atom. The number of hydrogen-bond donors (Lipinski definition) is 0. The zero-order valence-electron chi connectivity index (χ0n) is 9.70. The van der Waals surface area contributed by atoms with Crippen LogP contribution >= 0.6 is 11.8 Å². The van der Waals surface area contributed by atoms with E-state index in [0.29, 0.717) is 17.1 Å². The number of benzene rings is 1. The van der Waals surface area contributed by atoms with E-state index in [1.54, 1.807) is 6.92 Å². The summed E-state index contributed by atoms with van der Waals surface area (Å²) in [6.07, 6.45) is 0. The van der Waals surface area contributed by atoms with Crippen LogP contribution in [0.15, 0.2) is 18.2 Å². The van der Waals surface area contributed by atoms with Gasteiger partial charge in [-0.2, -0.15) is 11.8 Å². The molecule has 0 saturated carbocycles. The van der Waals surface area contributed by atoms with Crippen molar-refractivity contribution in [2.75, 3.05) is 12.9 Å². The average molecular weight is 260 g/mol. The monoisotopic (exact) mass is 260 g/mol. The lowest BCUT2D eigenvalue weighted by molar-refractivity contribution is -0.143. The molecule has 0 N–H and O–H groups in total. The van der Waals surface area contributed by atoms with Gasteiger partial charge in [-0.05, 0) is 6.07 Å². The van der Waals surface area contributed by atoms with Crippen molar-refractivity contribution >= 4 is 17.7 Å². The van der Waals surface area contributed by atoms with Gasteiger partial charge in [0.25, 0.3) is 0 Å². The molecule has 2 nitrogen and oxygen atoms in total. The van der Waals surface area contributed by atoms with E-state index in [1.165, 1.54) is 31.0 Å². The first-order valence-corrected chi connectivity index (χ1v) is 6.30. The Balaban J connectivity index is 2.46. The molecule has 0 aromatic heterocycles. The molecule has 0 aliphatic carbocycles. The fourth-order valence-electron chi connectivity index (χ4n) is 1.27. The third kappa shape index (κ3) is 4.00. The fourth-order valence-corrected chi connectivity index (χ4v) is 2.33. The van der Waals surface area contributed by atoms with Gasteiger partial charge in [0, 0.05) is 17.1 Å². The SMILES string of the molecule is COC(=O)C(C)CSCc1cccc(F)c1F. The second-order valence-corrected chi connectivity index (χ2v) is 4.68. The maximum absolute atomic E-state index is 13.3. The Hall–Kier alpha value is -1.10. The molecule has 1 rings (SSSR count). The van der Waals surface area contributed by atoms with Gasteiger partial charge < -0.3 is 4.74 Å². The van der Waals surface area contributed by atoms with Gasteiger partial charge in [0.2, 0.25) is 0 Å². The van der Waals surface area contributed by atoms with Gasteiger partial charge in [0.1, 0.15) is 0 Å². The molecular formula is C12H14F2O2S. The first-order chi connectivity index (χ1) is 8.06. The number of carbonyl (C=O) groups is 1. The Kier molecular flexibility index (Phi) is 5.41. The van der Waals surface area contributed by atoms with E-state index in [-0.39, 0.29) is 11.9 Å². The van der Waals surface area contributed by atoms with E-state index in [4.69, 9.17) is 0 Å². The summed E-state index contributed by atoms with van der Waals surface area (Å²) in [6.45, 7) is 1.74. The molecule has 0 heterocycles. The highest BCUT2D eigenvalue weighted by Crippen LogP contribution is 2.19. The summed E-state index contributed by atoms with van der Waals surface area (Å²) in [5.74, 6) is -1.35. The number of ether oxygens (including phenoxy) is 1. The Morgan fingerprint density at radius 3 is 2.82 bits per heavy atom. The summed E-state index contributed by atoms with van der Waals surface area (Å²) in [7, 11) is 1.33. The molecule has 0 aliphatic rings. The molecule has 5 heteroatoms. The van der Waals surface area contributed by atoms with Gasteiger partial charge in [-0.3, -0.25) is 4.79 Å². The zero-order valence-corrected chi connectivity index (χ0v) is 10.5. The number of carbonyl (C=O) groups excluding carboxylic acids is 1. The number of halogens is 2. The van der Waals surface area contributed by atoms with Crippen LogP contribution < -0.4 is 0 Å². The van der Waals surface area contributed by atoms with Crippen LogP contribution in [0.25, 0.3) is 0 Å². The van der Waals surface area contributed by atoms with Crippen LogP contribution in [-0.2, 0) is 15.3 Å². The smallest absolute Gasteiger partial charge is 0.309 e. The Labute approximate surface area is 103 Å². The summed E-state index contributed by atoms with van der Waals surface area (Å²) in [5, 5.41) is 0. The van der Waals surface area contributed by atoms with E-state index in [0.717, 1.165) is 6.07 Å². The predicted molar refractivity (Wildman–Crippen MR) is 63.7 cm³/mol. The van der Waals surface area contributed by atoms with E-state index in [9.17, 15) is 13.6 Å². The Morgan fingerprint density at radius 1 is 1.47 bits per heavy atom. The molecule has 1 unspecified atom stereocenters. The van der Waals surface area contributed by atoms with Crippen molar-refractivity contribution in [1.82, 2.24) is 0 Å². The summed E-state index contributed by atoms with van der Waals surface area (Å²) in [5.41, 5.74) is 0.312. The van der Waals surface area contributed by atoms with Crippen LogP contribution in [0.1, 0.15) is 12.5 Å². The maximum atomic E-state index is 13.3. The van der Waals surface area contributed by atoms with E-state index >= 15 is 0 Å². The minimum Gasteiger partial charge on any atom is -0.469 e. The largest absolute Gasteiger partial charge is 0.469 e. The molecule has 94 valence electrons. The topological polar surface area (TPSA) is 26.3 Å². The summed E-state index contributed by atoms with van der Waals surface area (Å²) < 4.78 is 30.7. The van der Waals surface area contributed by atoms with Gasteiger partial charge in [-0.1, -0.05) is 19.1 Å². The van der Waals surface area contributed by atoms with Crippen LogP contribution in [0.3, 0.4) is 0 Å². The standard InChI is InChI=1S/C12H14F2O2S/c1-8(12(15)16-2)6-17-7-9-4-3-5-10(13)11(9)14/h3-5,8H,6-7H2,1-2H3. The molecule has 0 bridgehead atoms. The fraction of sp³-hybridized carbons (Fsp3) is 0.417. The van der Waals surface area contributed by atoms with Gasteiger partial charge in [0.15, 0.2) is 11.6 Å². The normalized spacial score (nSPS) is 12.2. The van der Waals surface area contributed by atoms with Crippen LogP contribution in [0.5, 0.6) is 0 Å². The Bertz CT molecular complexity index is 396. The maximum Gasteiger partial charge on any atom is 0.309 e. The molecule has 1 atom stereocenters. The quantitative estimate of drug-likeness (QED) is 0.761. The van der Waals surface area contributed by atoms with E-state index < -0.39 is 11.6 Å². The molecular weight excluding hydrogens is 246 g/mol. The summed E-state index contributed by atoms with van der Waals surface area (Å²) in [6, 6.07) is 4.09. The minimum absolute atomic E-state index is 0.248. The van der Waals surface area contributed by atoms with Gasteiger partial charge >= 0.3 is 5.97 Å². The van der Waals surface area contributed by atoms with Crippen molar-refractivity contribution in [3.8, 4) is 0 Å². The summed E-state index contributed by atoms with van der Waals surface area (Å²) in [4.78, 5) is 11.1. The van der Waals surface area contributed by atoms with Crippen molar-refractivity contribution in [3.63, 3.8) is 0 Å². The minimum atomic E-state index is -0.843. The van der Waals surface area contributed by atoms with E-state index in [1.807, 2.05) is 0 Å². The highest BCUT2D eigenvalue weighted by atomic mass is 32.2. The molecule has 0 amide bonds. The van der Waals surface area contributed by atoms with Crippen molar-refractivity contribution < 1.29 is 18.3 Å². The molecule has 0 saturated heterocycles. The lowest BCUT2D eigenvalue weighted by Crippen LogP contribution is -2.14. The molecule has 1 aromatic rings. The lowest BCUT2D eigenvalue weighted by atomic mass is 10.2. The van der Waals surface area contributed by atoms with Crippen molar-refractivity contribution in [2.45, 2.75) is 12.7 Å². The first-order valence-electron chi connectivity index (χ1n) is 5.14. The van der Waals surface area contributed by atoms with Gasteiger partial charge in [-0.15, -0.1) is 0 Å². The molecule has 17 heavy (non-hydrogen) atoms. The predicted octanol–water partition coefficient (Wildman–Crippen LogP) is 3.01. The molecule has 0 spiro atoms. The summed E-state index contributed by atoms with van der Waals surface area (Å²) >= 11 is 1.37. The number of esters is 1. The third-order valence-electron chi connectivity index (χ3n) is 2.26. The third-order valence-corrected chi connectivity index (χ3v) is 3.51. The number of rotatable bonds is 5. The highest BCUT2D eigenvalue weighted by molar-refractivity contribution is 7.98. The first kappa shape index (κ1) is 14.0. The average Bonchev–Trinajstić information content (AvgIpc) is 2.33. The number of thioether (sulfide) groups is 1. The second kappa shape index (κ2) is 6.59. The van der Waals surface area contributed by atoms with Crippen molar-refractivity contribution in [1.29, 1.82) is 0 Å². The molecule has 1 aromatic carbocycles. The van der Waals surface area contributed by atoms with Crippen molar-refractivity contribution in [2.24, 2.45) is 5.92 Å². The zero-order chi connectivity index (χ0) is 12.8. The number of hydrogen-bond acceptors (Lipinski definition) is 3. The van der Waals surface area contributed by atoms with Crippen molar-refractivity contribution in [3.05, 3.63) is 35.4 Å². The number of methoxy groups -OCH3 is 1. The van der Waals surface area contributed by atoms with E-state index in [2.05, 4.69) is 4.74 Å². The van der Waals surface area contributed by atoms with Crippen LogP contribution in [0, 0.1) is 17.6 Å². The second-order valence-electron chi connectivity index (χ2n) is 3.65. The molecule has 0 radical (unpaired) electrons. The molecule has 0 aliphatic heterocycles.